The van der Waals surface area contributed by atoms with Gasteiger partial charge in [0.05, 0.1) is 6.42 Å². The lowest BCUT2D eigenvalue weighted by Gasteiger charge is -2.14. The van der Waals surface area contributed by atoms with Gasteiger partial charge in [0.25, 0.3) is 0 Å². The van der Waals surface area contributed by atoms with E-state index in [1.807, 2.05) is 0 Å². The van der Waals surface area contributed by atoms with Crippen LogP contribution in [0.1, 0.15) is 39.0 Å². The van der Waals surface area contributed by atoms with Gasteiger partial charge in [0.2, 0.25) is 0 Å². The zero-order valence-electron chi connectivity index (χ0n) is 8.16. The maximum absolute atomic E-state index is 10.9. The van der Waals surface area contributed by atoms with Gasteiger partial charge in [-0.1, -0.05) is 19.8 Å². The van der Waals surface area contributed by atoms with Crippen molar-refractivity contribution in [2.24, 2.45) is 5.92 Å². The Morgan fingerprint density at radius 2 is 2.31 bits per heavy atom. The summed E-state index contributed by atoms with van der Waals surface area (Å²) in [5.74, 6) is -0.107. The van der Waals surface area contributed by atoms with Crippen molar-refractivity contribution in [3.8, 4) is 0 Å². The van der Waals surface area contributed by atoms with Gasteiger partial charge in [0.15, 0.2) is 0 Å². The van der Waals surface area contributed by atoms with E-state index in [4.69, 9.17) is 9.84 Å². The second-order valence-corrected chi connectivity index (χ2v) is 3.67. The molecule has 1 aliphatic heterocycles. The largest absolute Gasteiger partial charge is 0.462 e. The van der Waals surface area contributed by atoms with Crippen LogP contribution in [0.2, 0.25) is 0 Å². The lowest BCUT2D eigenvalue weighted by Crippen LogP contribution is -2.19. The summed E-state index contributed by atoms with van der Waals surface area (Å²) < 4.78 is 5.11. The number of hydrogen-bond donors (Lipinski definition) is 1. The number of rotatable bonds is 5. The van der Waals surface area contributed by atoms with Gasteiger partial charge in [-0.2, -0.15) is 0 Å². The average Bonchev–Trinajstić information content (AvgIpc) is 2.47. The number of carbonyl (C=O) groups excluding carboxylic acids is 1. The van der Waals surface area contributed by atoms with Gasteiger partial charge in [-0.05, 0) is 12.8 Å². The van der Waals surface area contributed by atoms with E-state index in [0.29, 0.717) is 6.42 Å². The van der Waals surface area contributed by atoms with Crippen molar-refractivity contribution < 1.29 is 14.6 Å². The number of ether oxygens (including phenoxy) is 1. The van der Waals surface area contributed by atoms with Gasteiger partial charge < -0.3 is 9.84 Å². The van der Waals surface area contributed by atoms with Crippen molar-refractivity contribution in [2.45, 2.75) is 45.1 Å². The molecule has 13 heavy (non-hydrogen) atoms. The van der Waals surface area contributed by atoms with Crippen LogP contribution in [0.25, 0.3) is 0 Å². The van der Waals surface area contributed by atoms with E-state index in [9.17, 15) is 4.79 Å². The molecule has 1 N–H and O–H groups in total. The van der Waals surface area contributed by atoms with Crippen LogP contribution in [0.5, 0.6) is 0 Å². The Bertz CT molecular complexity index is 168. The summed E-state index contributed by atoms with van der Waals surface area (Å²) in [5.41, 5.74) is 0. The molecule has 3 nitrogen and oxygen atoms in total. The second kappa shape index (κ2) is 5.22. The first-order chi connectivity index (χ1) is 6.27. The molecule has 1 aliphatic rings. The number of carbonyl (C=O) groups is 1. The predicted octanol–water partition coefficient (Wildman–Crippen LogP) is 1.49. The molecular formula is C10H18O3. The highest BCUT2D eigenvalue weighted by Crippen LogP contribution is 2.25. The van der Waals surface area contributed by atoms with Crippen molar-refractivity contribution in [3.63, 3.8) is 0 Å². The molecule has 0 aromatic carbocycles. The Hall–Kier alpha value is -0.570. The second-order valence-electron chi connectivity index (χ2n) is 3.67. The van der Waals surface area contributed by atoms with E-state index >= 15 is 0 Å². The summed E-state index contributed by atoms with van der Waals surface area (Å²) in [6.07, 6.45) is 4.71. The lowest BCUT2D eigenvalue weighted by molar-refractivity contribution is -0.141. The molecular weight excluding hydrogens is 168 g/mol. The summed E-state index contributed by atoms with van der Waals surface area (Å²) >= 11 is 0. The van der Waals surface area contributed by atoms with Crippen molar-refractivity contribution >= 4 is 5.97 Å². The third-order valence-electron chi connectivity index (χ3n) is 2.56. The highest BCUT2D eigenvalue weighted by Gasteiger charge is 2.33. The first-order valence-corrected chi connectivity index (χ1v) is 5.08. The smallest absolute Gasteiger partial charge is 0.306 e. The van der Waals surface area contributed by atoms with Crippen LogP contribution in [0.4, 0.5) is 0 Å². The summed E-state index contributed by atoms with van der Waals surface area (Å²) in [7, 11) is 0. The van der Waals surface area contributed by atoms with Crippen molar-refractivity contribution in [3.05, 3.63) is 0 Å². The molecule has 0 aliphatic carbocycles. The summed E-state index contributed by atoms with van der Waals surface area (Å²) in [5, 5.41) is 8.98. The Labute approximate surface area is 79.1 Å². The monoisotopic (exact) mass is 186 g/mol. The molecule has 0 aromatic rings. The maximum Gasteiger partial charge on any atom is 0.306 e. The van der Waals surface area contributed by atoms with Crippen LogP contribution in [-0.2, 0) is 9.53 Å². The fourth-order valence-corrected chi connectivity index (χ4v) is 1.73. The average molecular weight is 186 g/mol. The van der Waals surface area contributed by atoms with Gasteiger partial charge in [-0.3, -0.25) is 4.79 Å². The molecule has 0 unspecified atom stereocenters. The van der Waals surface area contributed by atoms with Gasteiger partial charge in [-0.15, -0.1) is 0 Å². The normalized spacial score (nSPS) is 27.7. The molecule has 0 amide bonds. The minimum absolute atomic E-state index is 0.0240. The SMILES string of the molecule is CCCCC[C@@H]1OC(=O)C[C@H]1CO. The molecule has 0 radical (unpaired) electrons. The number of esters is 1. The third-order valence-corrected chi connectivity index (χ3v) is 2.56. The van der Waals surface area contributed by atoms with Gasteiger partial charge in [0, 0.05) is 12.5 Å². The predicted molar refractivity (Wildman–Crippen MR) is 49.2 cm³/mol. The minimum Gasteiger partial charge on any atom is -0.462 e. The number of hydrogen-bond acceptors (Lipinski definition) is 3. The van der Waals surface area contributed by atoms with Crippen LogP contribution in [0.15, 0.2) is 0 Å². The Morgan fingerprint density at radius 3 is 2.92 bits per heavy atom. The van der Waals surface area contributed by atoms with Gasteiger partial charge >= 0.3 is 5.97 Å². The Balaban J connectivity index is 2.27. The first kappa shape index (κ1) is 10.5. The maximum atomic E-state index is 10.9. The Morgan fingerprint density at radius 1 is 1.54 bits per heavy atom. The fraction of sp³-hybridized carbons (Fsp3) is 0.900. The zero-order chi connectivity index (χ0) is 9.68. The van der Waals surface area contributed by atoms with Crippen molar-refractivity contribution in [1.82, 2.24) is 0 Å². The molecule has 1 saturated heterocycles. The van der Waals surface area contributed by atoms with E-state index in [2.05, 4.69) is 6.92 Å². The number of aliphatic hydroxyl groups excluding tert-OH is 1. The van der Waals surface area contributed by atoms with Crippen LogP contribution < -0.4 is 0 Å². The molecule has 0 aromatic heterocycles. The van der Waals surface area contributed by atoms with E-state index < -0.39 is 0 Å². The summed E-state index contributed by atoms with van der Waals surface area (Å²) in [4.78, 5) is 10.9. The van der Waals surface area contributed by atoms with Crippen LogP contribution in [0, 0.1) is 5.92 Å². The molecule has 1 heterocycles. The summed E-state index contributed by atoms with van der Waals surface area (Å²) in [6.45, 7) is 2.21. The van der Waals surface area contributed by atoms with Crippen LogP contribution in [0.3, 0.4) is 0 Å². The Kier molecular flexibility index (Phi) is 4.22. The van der Waals surface area contributed by atoms with Crippen LogP contribution >= 0.6 is 0 Å². The van der Waals surface area contributed by atoms with E-state index in [1.165, 1.54) is 12.8 Å². The van der Waals surface area contributed by atoms with E-state index in [-0.39, 0.29) is 24.6 Å². The summed E-state index contributed by atoms with van der Waals surface area (Å²) in [6, 6.07) is 0. The fourth-order valence-electron chi connectivity index (χ4n) is 1.73. The quantitative estimate of drug-likeness (QED) is 0.522. The third kappa shape index (κ3) is 2.99. The molecule has 0 spiro atoms. The van der Waals surface area contributed by atoms with Gasteiger partial charge in [-0.25, -0.2) is 0 Å². The minimum atomic E-state index is -0.152. The molecule has 0 bridgehead atoms. The molecule has 1 fully saturated rings. The zero-order valence-corrected chi connectivity index (χ0v) is 8.16. The topological polar surface area (TPSA) is 46.5 Å². The molecule has 1 rings (SSSR count). The molecule has 3 heteroatoms. The number of unbranched alkanes of at least 4 members (excludes halogenated alkanes) is 2. The lowest BCUT2D eigenvalue weighted by atomic mass is 9.98. The number of aliphatic hydroxyl groups is 1. The highest BCUT2D eigenvalue weighted by molar-refractivity contribution is 5.72. The molecule has 76 valence electrons. The van der Waals surface area contributed by atoms with E-state index in [1.54, 1.807) is 0 Å². The van der Waals surface area contributed by atoms with E-state index in [0.717, 1.165) is 12.8 Å². The highest BCUT2D eigenvalue weighted by atomic mass is 16.6. The molecule has 2 atom stereocenters. The molecule has 0 saturated carbocycles. The van der Waals surface area contributed by atoms with Crippen LogP contribution in [-0.4, -0.2) is 23.8 Å². The van der Waals surface area contributed by atoms with Crippen molar-refractivity contribution in [1.29, 1.82) is 0 Å². The van der Waals surface area contributed by atoms with Gasteiger partial charge in [0.1, 0.15) is 6.10 Å². The van der Waals surface area contributed by atoms with Crippen molar-refractivity contribution in [2.75, 3.05) is 6.61 Å². The standard InChI is InChI=1S/C10H18O3/c1-2-3-4-5-9-8(7-11)6-10(12)13-9/h8-9,11H,2-7H2,1H3/t8-,9-/m0/s1. The number of cyclic esters (lactones) is 1. The first-order valence-electron chi connectivity index (χ1n) is 5.08.